The number of methoxy groups -OCH3 is 3. The van der Waals surface area contributed by atoms with E-state index in [-0.39, 0.29) is 37.7 Å². The summed E-state index contributed by atoms with van der Waals surface area (Å²) in [4.78, 5) is 0. The van der Waals surface area contributed by atoms with E-state index in [1.165, 1.54) is 21.1 Å². The maximum absolute atomic E-state index is 12.6. The number of aliphatic hydroxyl groups excluding tert-OH is 7. The van der Waals surface area contributed by atoms with Crippen LogP contribution in [-0.2, 0) is 52.1 Å². The van der Waals surface area contributed by atoms with Crippen molar-refractivity contribution in [1.82, 2.24) is 0 Å². The number of aliphatic hydroxyl groups is 10. The summed E-state index contributed by atoms with van der Waals surface area (Å²) in [7, 11) is 4.52. The van der Waals surface area contributed by atoms with Crippen LogP contribution in [0, 0.1) is 22.7 Å². The van der Waals surface area contributed by atoms with Crippen LogP contribution in [-0.4, -0.2) is 225 Å². The van der Waals surface area contributed by atoms with Gasteiger partial charge in [-0.1, -0.05) is 13.8 Å². The van der Waals surface area contributed by atoms with Gasteiger partial charge in [0.1, 0.15) is 66.1 Å². The van der Waals surface area contributed by atoms with Gasteiger partial charge in [-0.25, -0.2) is 0 Å². The van der Waals surface area contributed by atoms with E-state index in [1.54, 1.807) is 27.9 Å². The van der Waals surface area contributed by atoms with Crippen molar-refractivity contribution in [1.29, 1.82) is 0 Å². The van der Waals surface area contributed by atoms with Gasteiger partial charge in [-0.3, -0.25) is 0 Å². The number of hydrogen-bond donors (Lipinski definition) is 10. The van der Waals surface area contributed by atoms with E-state index < -0.39 is 163 Å². The fourth-order valence-corrected chi connectivity index (χ4v) is 14.5. The largest absolute Gasteiger partial charge is 0.394 e. The number of rotatable bonds is 13. The topological polar surface area (TPSA) is 304 Å². The average molecular weight is 995 g/mol. The Morgan fingerprint density at radius 1 is 0.594 bits per heavy atom. The molecule has 0 radical (unpaired) electrons. The molecule has 21 heteroatoms. The second-order valence-electron chi connectivity index (χ2n) is 22.1. The smallest absolute Gasteiger partial charge is 0.187 e. The Bertz CT molecular complexity index is 1730. The standard InChI is InChI=1S/C48H82O21/c1-21-38(67-33-18-28(60-8)39(22(2)63-33)68-43-37(55)41(61-9)40(23(3)64-43)69-42-36(54)35(53)34(52)29(20-49)66-42)27(59-7)17-32(62-21)65-26-11-12-44(5)25(16-26)10-13-47(57)30(44)19-31(51)45(6)46(56,24(4)50)14-15-48(45,47)58/h21-43,49-58H,10-20H2,1-9H3/t21-,22-,23-,24-,25+,26+,27+,28-,29-,30-,31-,32+,33+,34-,35+,36-,37-,38-,39-,40-,41+,42+,43+,44+,45-,46-,47+,48-/m1/s1. The first-order valence-electron chi connectivity index (χ1n) is 25.1. The maximum Gasteiger partial charge on any atom is 0.187 e. The number of hydrogen-bond acceptors (Lipinski definition) is 21. The lowest BCUT2D eigenvalue weighted by Crippen LogP contribution is -2.79. The molecule has 4 aliphatic carbocycles. The molecule has 0 unspecified atom stereocenters. The molecule has 8 fully saturated rings. The van der Waals surface area contributed by atoms with Crippen molar-refractivity contribution < 1.29 is 103 Å². The van der Waals surface area contributed by atoms with Crippen molar-refractivity contribution in [3.63, 3.8) is 0 Å². The Morgan fingerprint density at radius 2 is 1.17 bits per heavy atom. The third-order valence-electron chi connectivity index (χ3n) is 18.8. The van der Waals surface area contributed by atoms with E-state index in [4.69, 9.17) is 52.1 Å². The average Bonchev–Trinajstić information content (AvgIpc) is 3.55. The summed E-state index contributed by atoms with van der Waals surface area (Å²) in [6.45, 7) is 9.97. The van der Waals surface area contributed by atoms with E-state index in [0.717, 1.165) is 0 Å². The van der Waals surface area contributed by atoms with E-state index in [0.29, 0.717) is 38.5 Å². The van der Waals surface area contributed by atoms with Crippen LogP contribution >= 0.6 is 0 Å². The van der Waals surface area contributed by atoms with Crippen LogP contribution in [0.25, 0.3) is 0 Å². The number of fused-ring (bicyclic) bond motifs is 5. The minimum Gasteiger partial charge on any atom is -0.394 e. The van der Waals surface area contributed by atoms with Gasteiger partial charge in [-0.05, 0) is 96.3 Å². The summed E-state index contributed by atoms with van der Waals surface area (Å²) < 4.78 is 67.7. The van der Waals surface area contributed by atoms with Crippen molar-refractivity contribution in [2.45, 2.75) is 251 Å². The van der Waals surface area contributed by atoms with Crippen molar-refractivity contribution in [3.8, 4) is 0 Å². The molecule has 0 aromatic rings. The first-order valence-corrected chi connectivity index (χ1v) is 25.1. The van der Waals surface area contributed by atoms with E-state index in [9.17, 15) is 51.1 Å². The minimum atomic E-state index is -1.79. The molecule has 0 amide bonds. The summed E-state index contributed by atoms with van der Waals surface area (Å²) in [6, 6.07) is 0. The fourth-order valence-electron chi connectivity index (χ4n) is 14.5. The maximum atomic E-state index is 12.6. The molecule has 10 N–H and O–H groups in total. The first kappa shape index (κ1) is 54.4. The second-order valence-corrected chi connectivity index (χ2v) is 22.1. The normalized spacial score (nSPS) is 56.2. The zero-order valence-corrected chi connectivity index (χ0v) is 41.5. The van der Waals surface area contributed by atoms with Gasteiger partial charge in [0.25, 0.3) is 0 Å². The zero-order chi connectivity index (χ0) is 50.3. The zero-order valence-electron chi connectivity index (χ0n) is 41.5. The van der Waals surface area contributed by atoms with Gasteiger partial charge in [0.15, 0.2) is 25.2 Å². The van der Waals surface area contributed by atoms with E-state index in [2.05, 4.69) is 6.92 Å². The van der Waals surface area contributed by atoms with Gasteiger partial charge in [0.05, 0.1) is 66.5 Å². The van der Waals surface area contributed by atoms with Gasteiger partial charge in [-0.2, -0.15) is 0 Å². The highest BCUT2D eigenvalue weighted by Gasteiger charge is 2.80. The Balaban J connectivity index is 0.848. The molecule has 4 aliphatic heterocycles. The minimum absolute atomic E-state index is 0.0729. The van der Waals surface area contributed by atoms with Crippen LogP contribution in [0.3, 0.4) is 0 Å². The van der Waals surface area contributed by atoms with Gasteiger partial charge in [-0.15, -0.1) is 0 Å². The third-order valence-corrected chi connectivity index (χ3v) is 18.8. The molecule has 400 valence electrons. The molecule has 0 aromatic heterocycles. The van der Waals surface area contributed by atoms with Crippen LogP contribution in [0.15, 0.2) is 0 Å². The van der Waals surface area contributed by atoms with Crippen molar-refractivity contribution in [2.24, 2.45) is 22.7 Å². The van der Waals surface area contributed by atoms with Gasteiger partial charge < -0.3 is 103 Å². The Kier molecular flexibility index (Phi) is 16.1. The van der Waals surface area contributed by atoms with E-state index >= 15 is 0 Å². The lowest BCUT2D eigenvalue weighted by Gasteiger charge is -2.69. The highest BCUT2D eigenvalue weighted by atomic mass is 16.8. The molecule has 0 aromatic carbocycles. The molecular weight excluding hydrogens is 913 g/mol. The van der Waals surface area contributed by atoms with Crippen LogP contribution in [0.2, 0.25) is 0 Å². The lowest BCUT2D eigenvalue weighted by molar-refractivity contribution is -0.373. The number of ether oxygens (including phenoxy) is 11. The van der Waals surface area contributed by atoms with Gasteiger partial charge in [0, 0.05) is 34.2 Å². The predicted molar refractivity (Wildman–Crippen MR) is 237 cm³/mol. The summed E-state index contributed by atoms with van der Waals surface area (Å²) in [5, 5.41) is 111. The fraction of sp³-hybridized carbons (Fsp3) is 1.00. The molecule has 4 saturated heterocycles. The quantitative estimate of drug-likeness (QED) is 0.100. The van der Waals surface area contributed by atoms with Crippen molar-refractivity contribution >= 4 is 0 Å². The predicted octanol–water partition coefficient (Wildman–Crippen LogP) is -0.897. The molecule has 8 rings (SSSR count). The highest BCUT2D eigenvalue weighted by Crippen LogP contribution is 2.71. The summed E-state index contributed by atoms with van der Waals surface area (Å²) in [6.07, 6.45) is -16.4. The molecule has 0 spiro atoms. The Labute approximate surface area is 404 Å². The van der Waals surface area contributed by atoms with E-state index in [1.807, 2.05) is 6.92 Å². The second kappa shape index (κ2) is 20.4. The molecule has 28 atom stereocenters. The molecule has 21 nitrogen and oxygen atoms in total. The molecule has 69 heavy (non-hydrogen) atoms. The lowest BCUT2D eigenvalue weighted by atomic mass is 9.40. The van der Waals surface area contributed by atoms with Gasteiger partial charge >= 0.3 is 0 Å². The molecule has 4 heterocycles. The van der Waals surface area contributed by atoms with Crippen LogP contribution < -0.4 is 0 Å². The summed E-state index contributed by atoms with van der Waals surface area (Å²) in [5.74, 6) is -0.294. The SMILES string of the molecule is CO[C@H]1[C@@H](O)[C@H](O[C@@H]2[C@@H](C)O[C@@H](O[C@H]3[C@@H](OC)C[C@H](O[C@H]4CC[C@@]5(C)[C@@H](CC[C@]6(O)[C@@H]5C[C@@H](O)[C@@]5(C)[C@]6(O)CC[C@@]5(O)[C@@H](C)O)C4)O[C@@H]3C)C[C@H]2OC)O[C@H](C)[C@H]1O[C@@H]1O[C@H](CO)[C@@H](O)[C@H](O)[C@H]1O. The summed E-state index contributed by atoms with van der Waals surface area (Å²) >= 11 is 0. The highest BCUT2D eigenvalue weighted by molar-refractivity contribution is 5.30. The summed E-state index contributed by atoms with van der Waals surface area (Å²) in [5.41, 5.74) is -7.02. The Morgan fingerprint density at radius 3 is 1.77 bits per heavy atom. The van der Waals surface area contributed by atoms with Crippen molar-refractivity contribution in [2.75, 3.05) is 27.9 Å². The monoisotopic (exact) mass is 995 g/mol. The van der Waals surface area contributed by atoms with Crippen molar-refractivity contribution in [3.05, 3.63) is 0 Å². The first-order chi connectivity index (χ1) is 32.5. The molecule has 0 bridgehead atoms. The molecule has 4 saturated carbocycles. The van der Waals surface area contributed by atoms with Crippen LogP contribution in [0.1, 0.15) is 106 Å². The molecule has 8 aliphatic rings. The molecular formula is C48H82O21. The van der Waals surface area contributed by atoms with Gasteiger partial charge in [0.2, 0.25) is 0 Å². The van der Waals surface area contributed by atoms with Crippen LogP contribution in [0.5, 0.6) is 0 Å². The van der Waals surface area contributed by atoms with Crippen LogP contribution in [0.4, 0.5) is 0 Å². The Hall–Kier alpha value is -0.840. The third kappa shape index (κ3) is 8.88.